The molecular formula is C18H15N5OS. The molecule has 0 aliphatic carbocycles. The van der Waals surface area contributed by atoms with E-state index < -0.39 is 0 Å². The van der Waals surface area contributed by atoms with Gasteiger partial charge in [-0.3, -0.25) is 0 Å². The van der Waals surface area contributed by atoms with Gasteiger partial charge >= 0.3 is 0 Å². The van der Waals surface area contributed by atoms with Gasteiger partial charge in [-0.25, -0.2) is 0 Å². The number of aromatic nitrogens is 4. The molecule has 6 nitrogen and oxygen atoms in total. The summed E-state index contributed by atoms with van der Waals surface area (Å²) in [7, 11) is 0. The van der Waals surface area contributed by atoms with Gasteiger partial charge in [0, 0.05) is 5.56 Å². The summed E-state index contributed by atoms with van der Waals surface area (Å²) < 4.78 is 1.71. The van der Waals surface area contributed by atoms with Gasteiger partial charge in [-0.2, -0.15) is 9.61 Å². The Morgan fingerprint density at radius 3 is 2.52 bits per heavy atom. The molecule has 0 aliphatic rings. The minimum atomic E-state index is 0.212. The average molecular weight is 349 g/mol. The lowest BCUT2D eigenvalue weighted by Crippen LogP contribution is -2.00. The molecule has 0 amide bonds. The average Bonchev–Trinajstić information content (AvgIpc) is 3.25. The molecule has 2 heterocycles. The summed E-state index contributed by atoms with van der Waals surface area (Å²) in [6.45, 7) is 2.12. The van der Waals surface area contributed by atoms with Gasteiger partial charge in [-0.1, -0.05) is 77.2 Å². The molecule has 7 heteroatoms. The molecule has 0 aliphatic heterocycles. The van der Waals surface area contributed by atoms with Crippen molar-refractivity contribution < 1.29 is 4.84 Å². The fourth-order valence-corrected chi connectivity index (χ4v) is 3.23. The van der Waals surface area contributed by atoms with Gasteiger partial charge in [-0.05, 0) is 12.5 Å². The van der Waals surface area contributed by atoms with Crippen molar-refractivity contribution in [1.82, 2.24) is 19.8 Å². The molecule has 4 rings (SSSR count). The number of hydrogen-bond acceptors (Lipinski definition) is 6. The highest BCUT2D eigenvalue weighted by molar-refractivity contribution is 7.19. The van der Waals surface area contributed by atoms with Crippen LogP contribution in [0.25, 0.3) is 15.5 Å². The maximum atomic E-state index is 5.45. The van der Waals surface area contributed by atoms with Gasteiger partial charge in [0.2, 0.25) is 4.96 Å². The van der Waals surface area contributed by atoms with E-state index in [1.807, 2.05) is 67.6 Å². The van der Waals surface area contributed by atoms with E-state index in [4.69, 9.17) is 4.84 Å². The van der Waals surface area contributed by atoms with E-state index in [9.17, 15) is 0 Å². The van der Waals surface area contributed by atoms with Gasteiger partial charge in [0.25, 0.3) is 0 Å². The lowest BCUT2D eigenvalue weighted by atomic mass is 10.1. The minimum absolute atomic E-state index is 0.212. The molecule has 0 unspecified atom stereocenters. The second kappa shape index (κ2) is 6.82. The number of fused-ring (bicyclic) bond motifs is 1. The molecule has 0 spiro atoms. The van der Waals surface area contributed by atoms with Crippen LogP contribution in [0.2, 0.25) is 0 Å². The lowest BCUT2D eigenvalue weighted by Gasteiger charge is -2.01. The maximum absolute atomic E-state index is 5.45. The second-order valence-corrected chi connectivity index (χ2v) is 6.36. The molecule has 0 bridgehead atoms. The van der Waals surface area contributed by atoms with E-state index in [1.165, 1.54) is 11.3 Å². The van der Waals surface area contributed by atoms with Crippen LogP contribution >= 0.6 is 11.3 Å². The second-order valence-electron chi connectivity index (χ2n) is 5.40. The summed E-state index contributed by atoms with van der Waals surface area (Å²) >= 11 is 1.49. The Morgan fingerprint density at radius 2 is 1.76 bits per heavy atom. The van der Waals surface area contributed by atoms with Gasteiger partial charge in [0.15, 0.2) is 12.4 Å². The Hall–Kier alpha value is -3.06. The molecule has 4 aromatic rings. The predicted molar refractivity (Wildman–Crippen MR) is 97.5 cm³/mol. The van der Waals surface area contributed by atoms with E-state index in [-0.39, 0.29) is 6.61 Å². The summed E-state index contributed by atoms with van der Waals surface area (Å²) in [4.78, 5) is 6.18. The van der Waals surface area contributed by atoms with E-state index in [0.29, 0.717) is 5.82 Å². The zero-order valence-electron chi connectivity index (χ0n) is 13.5. The largest absolute Gasteiger partial charge is 0.387 e. The first-order chi connectivity index (χ1) is 12.3. The Balaban J connectivity index is 1.51. The molecule has 0 fully saturated rings. The molecule has 2 aromatic carbocycles. The molecule has 0 saturated carbocycles. The monoisotopic (exact) mass is 349 g/mol. The Kier molecular flexibility index (Phi) is 4.22. The molecule has 0 radical (unpaired) electrons. The fraction of sp³-hybridized carbons (Fsp3) is 0.111. The van der Waals surface area contributed by atoms with E-state index in [1.54, 1.807) is 4.52 Å². The fourth-order valence-electron chi connectivity index (χ4n) is 2.36. The minimum Gasteiger partial charge on any atom is -0.387 e. The third-order valence-corrected chi connectivity index (χ3v) is 4.61. The van der Waals surface area contributed by atoms with Crippen LogP contribution < -0.4 is 0 Å². The van der Waals surface area contributed by atoms with Crippen molar-refractivity contribution in [3.8, 4) is 10.6 Å². The van der Waals surface area contributed by atoms with Crippen LogP contribution in [0.15, 0.2) is 65.8 Å². The first-order valence-corrected chi connectivity index (χ1v) is 8.61. The zero-order valence-corrected chi connectivity index (χ0v) is 14.3. The van der Waals surface area contributed by atoms with Crippen molar-refractivity contribution in [2.45, 2.75) is 13.5 Å². The highest BCUT2D eigenvalue weighted by Crippen LogP contribution is 2.25. The number of hydrogen-bond donors (Lipinski definition) is 0. The van der Waals surface area contributed by atoms with Crippen molar-refractivity contribution in [3.05, 3.63) is 72.1 Å². The topological polar surface area (TPSA) is 64.7 Å². The lowest BCUT2D eigenvalue weighted by molar-refractivity contribution is 0.123. The molecule has 0 N–H and O–H groups in total. The van der Waals surface area contributed by atoms with E-state index >= 15 is 0 Å². The van der Waals surface area contributed by atoms with Crippen LogP contribution in [0, 0.1) is 0 Å². The van der Waals surface area contributed by atoms with Gasteiger partial charge < -0.3 is 4.84 Å². The highest BCUT2D eigenvalue weighted by atomic mass is 32.1. The van der Waals surface area contributed by atoms with E-state index in [2.05, 4.69) is 20.5 Å². The van der Waals surface area contributed by atoms with Gasteiger partial charge in [0.05, 0.1) is 5.71 Å². The number of benzene rings is 2. The molecule has 124 valence electrons. The quantitative estimate of drug-likeness (QED) is 0.406. The Bertz CT molecular complexity index is 1010. The third-order valence-electron chi connectivity index (χ3n) is 3.66. The normalized spacial score (nSPS) is 11.8. The summed E-state index contributed by atoms with van der Waals surface area (Å²) in [5.74, 6) is 0.623. The third kappa shape index (κ3) is 3.27. The summed E-state index contributed by atoms with van der Waals surface area (Å²) in [5, 5.41) is 17.9. The standard InChI is InChI=1S/C18H15N5OS/c1-13(14-8-4-2-5-9-14)22-24-12-16-19-20-18-23(16)21-17(25-18)15-10-6-3-7-11-15/h2-11H,12H2,1H3/b22-13+. The number of oxime groups is 1. The summed E-state index contributed by atoms with van der Waals surface area (Å²) in [6, 6.07) is 19.9. The Labute approximate surface area is 148 Å². The molecule has 2 aromatic heterocycles. The van der Waals surface area contributed by atoms with Crippen molar-refractivity contribution in [1.29, 1.82) is 0 Å². The number of rotatable bonds is 5. The summed E-state index contributed by atoms with van der Waals surface area (Å²) in [5.41, 5.74) is 2.89. The maximum Gasteiger partial charge on any atom is 0.235 e. The highest BCUT2D eigenvalue weighted by Gasteiger charge is 2.13. The zero-order chi connectivity index (χ0) is 17.1. The Morgan fingerprint density at radius 1 is 1.04 bits per heavy atom. The molecule has 25 heavy (non-hydrogen) atoms. The van der Waals surface area contributed by atoms with Crippen LogP contribution in [0.1, 0.15) is 18.3 Å². The van der Waals surface area contributed by atoms with Crippen molar-refractivity contribution in [2.24, 2.45) is 5.16 Å². The van der Waals surface area contributed by atoms with Crippen molar-refractivity contribution in [3.63, 3.8) is 0 Å². The van der Waals surface area contributed by atoms with Crippen LogP contribution in [0.4, 0.5) is 0 Å². The first-order valence-electron chi connectivity index (χ1n) is 7.80. The van der Waals surface area contributed by atoms with Crippen LogP contribution in [0.3, 0.4) is 0 Å². The smallest absolute Gasteiger partial charge is 0.235 e. The van der Waals surface area contributed by atoms with Crippen LogP contribution in [0.5, 0.6) is 0 Å². The SMILES string of the molecule is C/C(=N\OCc1nnc2sc(-c3ccccc3)nn12)c1ccccc1. The van der Waals surface area contributed by atoms with Crippen LogP contribution in [-0.2, 0) is 11.4 Å². The number of nitrogens with zero attached hydrogens (tertiary/aromatic N) is 5. The van der Waals surface area contributed by atoms with Crippen molar-refractivity contribution >= 4 is 22.0 Å². The molecule has 0 atom stereocenters. The van der Waals surface area contributed by atoms with Gasteiger partial charge in [-0.15, -0.1) is 10.2 Å². The first kappa shape index (κ1) is 15.5. The van der Waals surface area contributed by atoms with Crippen molar-refractivity contribution in [2.75, 3.05) is 0 Å². The summed E-state index contributed by atoms with van der Waals surface area (Å²) in [6.07, 6.45) is 0. The van der Waals surface area contributed by atoms with E-state index in [0.717, 1.165) is 26.8 Å². The van der Waals surface area contributed by atoms with Crippen LogP contribution in [-0.4, -0.2) is 25.5 Å². The molecular weight excluding hydrogens is 334 g/mol. The molecule has 0 saturated heterocycles. The predicted octanol–water partition coefficient (Wildman–Crippen LogP) is 3.79. The van der Waals surface area contributed by atoms with Gasteiger partial charge in [0.1, 0.15) is 5.01 Å².